The van der Waals surface area contributed by atoms with E-state index in [4.69, 9.17) is 4.74 Å². The average Bonchev–Trinajstić information content (AvgIpc) is 3.21. The first-order valence-electron chi connectivity index (χ1n) is 9.07. The van der Waals surface area contributed by atoms with Crippen molar-refractivity contribution in [3.63, 3.8) is 0 Å². The summed E-state index contributed by atoms with van der Waals surface area (Å²) in [7, 11) is 0. The Morgan fingerprint density at radius 2 is 1.97 bits per heavy atom. The zero-order chi connectivity index (χ0) is 20.2. The highest BCUT2D eigenvalue weighted by Gasteiger charge is 2.06. The predicted molar refractivity (Wildman–Crippen MR) is 115 cm³/mol. The highest BCUT2D eigenvalue weighted by Crippen LogP contribution is 2.28. The molecule has 144 valence electrons. The third-order valence-corrected chi connectivity index (χ3v) is 5.39. The van der Waals surface area contributed by atoms with Gasteiger partial charge in [0.2, 0.25) is 0 Å². The van der Waals surface area contributed by atoms with Crippen molar-refractivity contribution in [2.45, 2.75) is 13.5 Å². The Morgan fingerprint density at radius 3 is 2.79 bits per heavy atom. The summed E-state index contributed by atoms with van der Waals surface area (Å²) in [5.74, 6) is -0.481. The molecule has 0 fully saturated rings. The lowest BCUT2D eigenvalue weighted by molar-refractivity contribution is -0.139. The van der Waals surface area contributed by atoms with E-state index in [1.807, 2.05) is 55.5 Å². The fourth-order valence-electron chi connectivity index (χ4n) is 2.88. The summed E-state index contributed by atoms with van der Waals surface area (Å²) in [5, 5.41) is 0. The second kappa shape index (κ2) is 8.24. The number of nitrogens with zero attached hydrogens (tertiary/aromatic N) is 2. The van der Waals surface area contributed by atoms with Crippen LogP contribution in [0, 0.1) is 6.92 Å². The summed E-state index contributed by atoms with van der Waals surface area (Å²) in [4.78, 5) is 30.7. The van der Waals surface area contributed by atoms with Gasteiger partial charge in [-0.2, -0.15) is 0 Å². The summed E-state index contributed by atoms with van der Waals surface area (Å²) < 4.78 is 6.71. The lowest BCUT2D eigenvalue weighted by atomic mass is 10.2. The van der Waals surface area contributed by atoms with Crippen molar-refractivity contribution in [2.75, 3.05) is 0 Å². The van der Waals surface area contributed by atoms with E-state index in [0.717, 1.165) is 20.9 Å². The SMILES string of the molecule is Cc1ccc2nc(COC(=O)/C=C/c3ccc(-c4ccccc4)s3)cc(=O)n2c1. The largest absolute Gasteiger partial charge is 0.456 e. The first-order chi connectivity index (χ1) is 14.1. The molecule has 0 saturated carbocycles. The molecule has 29 heavy (non-hydrogen) atoms. The molecule has 6 heteroatoms. The van der Waals surface area contributed by atoms with E-state index in [1.165, 1.54) is 16.5 Å². The van der Waals surface area contributed by atoms with Crippen LogP contribution in [0.5, 0.6) is 0 Å². The molecule has 4 aromatic rings. The van der Waals surface area contributed by atoms with E-state index in [1.54, 1.807) is 29.7 Å². The Labute approximate surface area is 171 Å². The van der Waals surface area contributed by atoms with Crippen LogP contribution in [0.15, 0.2) is 77.7 Å². The molecule has 0 spiro atoms. The van der Waals surface area contributed by atoms with Crippen molar-refractivity contribution in [2.24, 2.45) is 0 Å². The molecule has 0 unspecified atom stereocenters. The maximum atomic E-state index is 12.2. The summed E-state index contributed by atoms with van der Waals surface area (Å²) in [6.45, 7) is 1.85. The third-order valence-electron chi connectivity index (χ3n) is 4.29. The van der Waals surface area contributed by atoms with Crippen LogP contribution in [0.2, 0.25) is 0 Å². The van der Waals surface area contributed by atoms with Crippen LogP contribution in [0.1, 0.15) is 16.1 Å². The average molecular weight is 402 g/mol. The second-order valence-corrected chi connectivity index (χ2v) is 7.64. The number of aromatic nitrogens is 2. The van der Waals surface area contributed by atoms with Crippen LogP contribution in [-0.4, -0.2) is 15.4 Å². The molecule has 1 aromatic carbocycles. The van der Waals surface area contributed by atoms with Gasteiger partial charge in [-0.05, 0) is 42.3 Å². The molecule has 0 aliphatic carbocycles. The summed E-state index contributed by atoms with van der Waals surface area (Å²) >= 11 is 1.60. The van der Waals surface area contributed by atoms with Gasteiger partial charge in [-0.25, -0.2) is 9.78 Å². The molecular weight excluding hydrogens is 384 g/mol. The minimum absolute atomic E-state index is 0.0531. The van der Waals surface area contributed by atoms with Crippen LogP contribution in [0.3, 0.4) is 0 Å². The maximum absolute atomic E-state index is 12.2. The lowest BCUT2D eigenvalue weighted by Gasteiger charge is -2.05. The zero-order valence-corrected chi connectivity index (χ0v) is 16.6. The number of esters is 1. The first kappa shape index (κ1) is 18.8. The van der Waals surface area contributed by atoms with E-state index in [0.29, 0.717) is 11.3 Å². The highest BCUT2D eigenvalue weighted by molar-refractivity contribution is 7.16. The molecule has 0 N–H and O–H groups in total. The molecule has 0 radical (unpaired) electrons. The number of fused-ring (bicyclic) bond motifs is 1. The van der Waals surface area contributed by atoms with Gasteiger partial charge in [0.25, 0.3) is 5.56 Å². The van der Waals surface area contributed by atoms with Crippen LogP contribution in [0.4, 0.5) is 0 Å². The molecule has 0 aliphatic heterocycles. The van der Waals surface area contributed by atoms with Crippen molar-refractivity contribution >= 4 is 29.0 Å². The number of benzene rings is 1. The van der Waals surface area contributed by atoms with Gasteiger partial charge < -0.3 is 4.74 Å². The lowest BCUT2D eigenvalue weighted by Crippen LogP contribution is -2.16. The van der Waals surface area contributed by atoms with E-state index in [9.17, 15) is 9.59 Å². The van der Waals surface area contributed by atoms with Gasteiger partial charge >= 0.3 is 5.97 Å². The van der Waals surface area contributed by atoms with Crippen molar-refractivity contribution < 1.29 is 9.53 Å². The maximum Gasteiger partial charge on any atom is 0.331 e. The predicted octanol–water partition coefficient (Wildman–Crippen LogP) is 4.49. The van der Waals surface area contributed by atoms with E-state index in [2.05, 4.69) is 4.98 Å². The number of rotatable bonds is 5. The van der Waals surface area contributed by atoms with E-state index >= 15 is 0 Å². The Kier molecular flexibility index (Phi) is 5.35. The van der Waals surface area contributed by atoms with Crippen LogP contribution in [0.25, 0.3) is 22.2 Å². The number of carbonyl (C=O) groups excluding carboxylic acids is 1. The Balaban J connectivity index is 1.40. The molecule has 0 atom stereocenters. The first-order valence-corrected chi connectivity index (χ1v) is 9.89. The number of pyridine rings is 1. The molecular formula is C23H18N2O3S. The molecule has 5 nitrogen and oxygen atoms in total. The fourth-order valence-corrected chi connectivity index (χ4v) is 3.79. The number of aryl methyl sites for hydroxylation is 1. The number of hydrogen-bond acceptors (Lipinski definition) is 5. The number of carbonyl (C=O) groups is 1. The zero-order valence-electron chi connectivity index (χ0n) is 15.7. The topological polar surface area (TPSA) is 60.7 Å². The summed E-state index contributed by atoms with van der Waals surface area (Å²) in [6, 6.07) is 19.1. The molecule has 4 rings (SSSR count). The minimum atomic E-state index is -0.481. The normalized spacial score (nSPS) is 11.2. The Morgan fingerprint density at radius 1 is 1.14 bits per heavy atom. The summed E-state index contributed by atoms with van der Waals surface area (Å²) in [6.07, 6.45) is 4.84. The van der Waals surface area contributed by atoms with Gasteiger partial charge in [-0.3, -0.25) is 9.20 Å². The molecule has 0 saturated heterocycles. The van der Waals surface area contributed by atoms with Crippen LogP contribution in [-0.2, 0) is 16.1 Å². The quantitative estimate of drug-likeness (QED) is 0.365. The molecule has 3 aromatic heterocycles. The van der Waals surface area contributed by atoms with Crippen LogP contribution < -0.4 is 5.56 Å². The van der Waals surface area contributed by atoms with Crippen molar-refractivity contribution in [1.82, 2.24) is 9.38 Å². The van der Waals surface area contributed by atoms with Gasteiger partial charge in [-0.1, -0.05) is 36.4 Å². The Hall–Kier alpha value is -3.51. The second-order valence-electron chi connectivity index (χ2n) is 6.53. The number of hydrogen-bond donors (Lipinski definition) is 0. The molecule has 3 heterocycles. The number of ether oxygens (including phenoxy) is 1. The van der Waals surface area contributed by atoms with Gasteiger partial charge in [0.05, 0.1) is 5.69 Å². The van der Waals surface area contributed by atoms with Crippen molar-refractivity contribution in [1.29, 1.82) is 0 Å². The molecule has 0 aliphatic rings. The van der Waals surface area contributed by atoms with Crippen molar-refractivity contribution in [3.8, 4) is 10.4 Å². The van der Waals surface area contributed by atoms with Gasteiger partial charge in [0.15, 0.2) is 0 Å². The Bertz CT molecular complexity index is 1260. The van der Waals surface area contributed by atoms with E-state index < -0.39 is 5.97 Å². The smallest absolute Gasteiger partial charge is 0.331 e. The monoisotopic (exact) mass is 402 g/mol. The van der Waals surface area contributed by atoms with Gasteiger partial charge in [0, 0.05) is 28.1 Å². The van der Waals surface area contributed by atoms with Gasteiger partial charge in [-0.15, -0.1) is 11.3 Å². The molecule has 0 amide bonds. The minimum Gasteiger partial charge on any atom is -0.456 e. The van der Waals surface area contributed by atoms with Crippen LogP contribution >= 0.6 is 11.3 Å². The highest BCUT2D eigenvalue weighted by atomic mass is 32.1. The standard InChI is InChI=1S/C23H18N2O3S/c1-16-7-11-21-24-18(13-22(26)25(21)14-16)15-28-23(27)12-9-19-8-10-20(29-19)17-5-3-2-4-6-17/h2-14H,15H2,1H3/b12-9+. The van der Waals surface area contributed by atoms with Gasteiger partial charge in [0.1, 0.15) is 12.3 Å². The fraction of sp³-hybridized carbons (Fsp3) is 0.0870. The third kappa shape index (κ3) is 4.50. The summed E-state index contributed by atoms with van der Waals surface area (Å²) in [5.41, 5.74) is 2.85. The number of thiophene rings is 1. The van der Waals surface area contributed by atoms with E-state index in [-0.39, 0.29) is 12.2 Å². The molecule has 0 bridgehead atoms. The van der Waals surface area contributed by atoms with Crippen molar-refractivity contribution in [3.05, 3.63) is 99.4 Å².